The second-order valence-corrected chi connectivity index (χ2v) is 8.99. The topological polar surface area (TPSA) is 63.4 Å². The van der Waals surface area contributed by atoms with Gasteiger partial charge in [0, 0.05) is 19.1 Å². The van der Waals surface area contributed by atoms with E-state index in [-0.39, 0.29) is 12.1 Å². The summed E-state index contributed by atoms with van der Waals surface area (Å²) < 4.78 is 27.4. The summed E-state index contributed by atoms with van der Waals surface area (Å²) in [5, 5.41) is 0. The van der Waals surface area contributed by atoms with E-state index in [0.29, 0.717) is 8.55 Å². The van der Waals surface area contributed by atoms with Crippen LogP contribution in [0.1, 0.15) is 31.2 Å². The van der Waals surface area contributed by atoms with Crippen LogP contribution < -0.4 is 5.73 Å². The van der Waals surface area contributed by atoms with Crippen molar-refractivity contribution < 1.29 is 8.42 Å². The molecule has 0 spiro atoms. The SMILES string of the molecule is Cc1cc(S(=O)(=O)N(C)C2CCC(N)CC2)sc1Cl. The van der Waals surface area contributed by atoms with Crippen LogP contribution in [-0.4, -0.2) is 31.9 Å². The van der Waals surface area contributed by atoms with Crippen LogP contribution in [0.15, 0.2) is 10.3 Å². The molecule has 19 heavy (non-hydrogen) atoms. The van der Waals surface area contributed by atoms with Crippen molar-refractivity contribution in [3.05, 3.63) is 16.0 Å². The van der Waals surface area contributed by atoms with Crippen molar-refractivity contribution in [1.82, 2.24) is 4.31 Å². The third-order valence-corrected chi connectivity index (χ3v) is 7.64. The van der Waals surface area contributed by atoms with E-state index in [1.807, 2.05) is 6.92 Å². The summed E-state index contributed by atoms with van der Waals surface area (Å²) in [4.78, 5) is 0. The molecule has 0 aliphatic heterocycles. The quantitative estimate of drug-likeness (QED) is 0.930. The Bertz CT molecular complexity index is 529. The molecule has 0 bridgehead atoms. The van der Waals surface area contributed by atoms with Crippen LogP contribution >= 0.6 is 22.9 Å². The van der Waals surface area contributed by atoms with E-state index in [4.69, 9.17) is 17.3 Å². The van der Waals surface area contributed by atoms with Crippen molar-refractivity contribution in [2.45, 2.75) is 48.9 Å². The van der Waals surface area contributed by atoms with Crippen molar-refractivity contribution in [3.8, 4) is 0 Å². The van der Waals surface area contributed by atoms with Crippen LogP contribution in [-0.2, 0) is 10.0 Å². The van der Waals surface area contributed by atoms with Crippen molar-refractivity contribution in [2.75, 3.05) is 7.05 Å². The number of hydrogen-bond donors (Lipinski definition) is 1. The first-order valence-corrected chi connectivity index (χ1v) is 8.95. The lowest BCUT2D eigenvalue weighted by atomic mass is 9.92. The highest BCUT2D eigenvalue weighted by atomic mass is 35.5. The van der Waals surface area contributed by atoms with Gasteiger partial charge in [-0.3, -0.25) is 0 Å². The first-order chi connectivity index (χ1) is 8.82. The average molecular weight is 323 g/mol. The number of nitrogens with two attached hydrogens (primary N) is 1. The fourth-order valence-electron chi connectivity index (χ4n) is 2.36. The Hall–Kier alpha value is -0.140. The lowest BCUT2D eigenvalue weighted by Crippen LogP contribution is -2.41. The molecule has 108 valence electrons. The minimum Gasteiger partial charge on any atom is -0.328 e. The molecular weight excluding hydrogens is 304 g/mol. The molecule has 0 unspecified atom stereocenters. The van der Waals surface area contributed by atoms with Gasteiger partial charge in [-0.1, -0.05) is 11.6 Å². The van der Waals surface area contributed by atoms with E-state index in [2.05, 4.69) is 0 Å². The van der Waals surface area contributed by atoms with Gasteiger partial charge >= 0.3 is 0 Å². The number of halogens is 1. The summed E-state index contributed by atoms with van der Waals surface area (Å²) >= 11 is 7.09. The Labute approximate surface area is 123 Å². The number of aryl methyl sites for hydroxylation is 1. The molecule has 1 fully saturated rings. The fourth-order valence-corrected chi connectivity index (χ4v) is 5.67. The van der Waals surface area contributed by atoms with Gasteiger partial charge in [-0.2, -0.15) is 4.31 Å². The minimum atomic E-state index is -3.43. The van der Waals surface area contributed by atoms with Crippen LogP contribution in [0.5, 0.6) is 0 Å². The maximum Gasteiger partial charge on any atom is 0.252 e. The van der Waals surface area contributed by atoms with E-state index in [0.717, 1.165) is 42.6 Å². The number of rotatable bonds is 3. The number of thiophene rings is 1. The third kappa shape index (κ3) is 3.13. The normalized spacial score (nSPS) is 24.9. The molecule has 2 rings (SSSR count). The monoisotopic (exact) mass is 322 g/mol. The van der Waals surface area contributed by atoms with E-state index >= 15 is 0 Å². The smallest absolute Gasteiger partial charge is 0.252 e. The molecule has 1 heterocycles. The van der Waals surface area contributed by atoms with Gasteiger partial charge in [-0.15, -0.1) is 11.3 Å². The summed E-state index contributed by atoms with van der Waals surface area (Å²) in [5.41, 5.74) is 6.67. The summed E-state index contributed by atoms with van der Waals surface area (Å²) in [6.07, 6.45) is 3.42. The summed E-state index contributed by atoms with van der Waals surface area (Å²) in [5.74, 6) is 0. The molecular formula is C12H19ClN2O2S2. The van der Waals surface area contributed by atoms with Gasteiger partial charge < -0.3 is 5.73 Å². The molecule has 0 amide bonds. The molecule has 0 saturated heterocycles. The number of nitrogens with zero attached hydrogens (tertiary/aromatic N) is 1. The van der Waals surface area contributed by atoms with Crippen LogP contribution in [0.25, 0.3) is 0 Å². The highest BCUT2D eigenvalue weighted by Crippen LogP contribution is 2.33. The molecule has 1 saturated carbocycles. The van der Waals surface area contributed by atoms with Crippen molar-refractivity contribution in [3.63, 3.8) is 0 Å². The molecule has 0 aromatic carbocycles. The van der Waals surface area contributed by atoms with Gasteiger partial charge in [0.25, 0.3) is 10.0 Å². The summed E-state index contributed by atoms with van der Waals surface area (Å²) in [6, 6.07) is 1.91. The molecule has 1 aromatic rings. The van der Waals surface area contributed by atoms with Gasteiger partial charge in [0.15, 0.2) is 0 Å². The lowest BCUT2D eigenvalue weighted by molar-refractivity contribution is 0.269. The molecule has 1 aliphatic rings. The first-order valence-electron chi connectivity index (χ1n) is 6.32. The predicted octanol–water partition coefficient (Wildman–Crippen LogP) is 2.60. The zero-order valence-corrected chi connectivity index (χ0v) is 13.5. The van der Waals surface area contributed by atoms with Crippen molar-refractivity contribution in [2.24, 2.45) is 5.73 Å². The molecule has 0 radical (unpaired) electrons. The van der Waals surface area contributed by atoms with Crippen molar-refractivity contribution in [1.29, 1.82) is 0 Å². The number of sulfonamides is 1. The van der Waals surface area contributed by atoms with E-state index < -0.39 is 10.0 Å². The Balaban J connectivity index is 2.19. The first kappa shape index (κ1) is 15.3. The lowest BCUT2D eigenvalue weighted by Gasteiger charge is -2.32. The van der Waals surface area contributed by atoms with Crippen LogP contribution in [0.2, 0.25) is 4.34 Å². The fraction of sp³-hybridized carbons (Fsp3) is 0.667. The zero-order valence-electron chi connectivity index (χ0n) is 11.1. The van der Waals surface area contributed by atoms with E-state index in [1.165, 1.54) is 4.31 Å². The zero-order chi connectivity index (χ0) is 14.2. The van der Waals surface area contributed by atoms with Crippen molar-refractivity contribution >= 4 is 33.0 Å². The van der Waals surface area contributed by atoms with Crippen LogP contribution in [0.4, 0.5) is 0 Å². The number of hydrogen-bond acceptors (Lipinski definition) is 4. The largest absolute Gasteiger partial charge is 0.328 e. The van der Waals surface area contributed by atoms with Crippen LogP contribution in [0, 0.1) is 6.92 Å². The Kier molecular flexibility index (Phi) is 4.57. The standard InChI is InChI=1S/C12H19ClN2O2S2/c1-8-7-11(18-12(8)13)19(16,17)15(2)10-5-3-9(14)4-6-10/h7,9-10H,3-6,14H2,1-2H3. The maximum absolute atomic E-state index is 12.5. The molecule has 1 aromatic heterocycles. The maximum atomic E-state index is 12.5. The summed E-state index contributed by atoms with van der Waals surface area (Å²) in [7, 11) is -1.78. The molecule has 4 nitrogen and oxygen atoms in total. The van der Waals surface area contributed by atoms with Gasteiger partial charge in [-0.05, 0) is 44.2 Å². The van der Waals surface area contributed by atoms with E-state index in [1.54, 1.807) is 13.1 Å². The highest BCUT2D eigenvalue weighted by molar-refractivity contribution is 7.91. The minimum absolute atomic E-state index is 0.0472. The van der Waals surface area contributed by atoms with Gasteiger partial charge in [0.05, 0.1) is 4.34 Å². The van der Waals surface area contributed by atoms with Gasteiger partial charge in [0.2, 0.25) is 0 Å². The van der Waals surface area contributed by atoms with Gasteiger partial charge in [0.1, 0.15) is 4.21 Å². The molecule has 7 heteroatoms. The average Bonchev–Trinajstić information content (AvgIpc) is 2.70. The predicted molar refractivity (Wildman–Crippen MR) is 79.2 cm³/mol. The van der Waals surface area contributed by atoms with E-state index in [9.17, 15) is 8.42 Å². The summed E-state index contributed by atoms with van der Waals surface area (Å²) in [6.45, 7) is 1.82. The molecule has 2 N–H and O–H groups in total. The second-order valence-electron chi connectivity index (χ2n) is 5.11. The molecule has 0 atom stereocenters. The van der Waals surface area contributed by atoms with Crippen LogP contribution in [0.3, 0.4) is 0 Å². The Morgan fingerprint density at radius 2 is 1.95 bits per heavy atom. The Morgan fingerprint density at radius 3 is 2.42 bits per heavy atom. The third-order valence-electron chi connectivity index (χ3n) is 3.72. The Morgan fingerprint density at radius 1 is 1.37 bits per heavy atom. The second kappa shape index (κ2) is 5.69. The van der Waals surface area contributed by atoms with Gasteiger partial charge in [-0.25, -0.2) is 8.42 Å². The highest BCUT2D eigenvalue weighted by Gasteiger charge is 2.31. The molecule has 1 aliphatic carbocycles.